The molecule has 1 aromatic carbocycles. The Kier molecular flexibility index (Phi) is 5.58. The molecule has 0 radical (unpaired) electrons. The number of hydrogen-bond acceptors (Lipinski definition) is 2. The van der Waals surface area contributed by atoms with Gasteiger partial charge in [0.15, 0.2) is 0 Å². The monoisotopic (exact) mass is 343 g/mol. The highest BCUT2D eigenvalue weighted by Crippen LogP contribution is 2.33. The molecule has 1 heterocycles. The summed E-state index contributed by atoms with van der Waals surface area (Å²) in [7, 11) is 0. The van der Waals surface area contributed by atoms with Gasteiger partial charge in [-0.3, -0.25) is 0 Å². The predicted octanol–water partition coefficient (Wildman–Crippen LogP) is 3.78. The van der Waals surface area contributed by atoms with Gasteiger partial charge in [-0.15, -0.1) is 0 Å². The summed E-state index contributed by atoms with van der Waals surface area (Å²) in [4.78, 5) is 0. The number of ether oxygens (including phenoxy) is 1. The zero-order chi connectivity index (χ0) is 14.6. The molecule has 1 aliphatic heterocycles. The summed E-state index contributed by atoms with van der Waals surface area (Å²) < 4.78 is 20.4. The molecule has 0 aromatic heterocycles. The molecule has 1 saturated heterocycles. The van der Waals surface area contributed by atoms with Gasteiger partial charge in [-0.1, -0.05) is 35.8 Å². The average Bonchev–Trinajstić information content (AvgIpc) is 2.81. The molecule has 1 N–H and O–H groups in total. The van der Waals surface area contributed by atoms with Crippen LogP contribution in [0, 0.1) is 17.2 Å². The molecular formula is C16H23BrFNO. The fraction of sp³-hybridized carbons (Fsp3) is 0.625. The molecule has 0 amide bonds. The van der Waals surface area contributed by atoms with Crippen LogP contribution in [0.15, 0.2) is 22.7 Å². The van der Waals surface area contributed by atoms with Crippen LogP contribution in [0.4, 0.5) is 4.39 Å². The highest BCUT2D eigenvalue weighted by molar-refractivity contribution is 9.10. The minimum absolute atomic E-state index is 0.0313. The molecule has 20 heavy (non-hydrogen) atoms. The maximum atomic E-state index is 14.0. The summed E-state index contributed by atoms with van der Waals surface area (Å²) in [5, 5.41) is 3.51. The van der Waals surface area contributed by atoms with Gasteiger partial charge < -0.3 is 10.1 Å². The van der Waals surface area contributed by atoms with E-state index in [9.17, 15) is 4.39 Å². The first-order valence-electron chi connectivity index (χ1n) is 7.23. The normalized spacial score (nSPS) is 22.6. The highest BCUT2D eigenvalue weighted by Gasteiger charge is 2.35. The lowest BCUT2D eigenvalue weighted by Crippen LogP contribution is -2.38. The fourth-order valence-corrected chi connectivity index (χ4v) is 3.02. The Morgan fingerprint density at radius 3 is 2.85 bits per heavy atom. The lowest BCUT2D eigenvalue weighted by atomic mass is 9.80. The van der Waals surface area contributed by atoms with Gasteiger partial charge in [0, 0.05) is 23.0 Å². The zero-order valence-corrected chi connectivity index (χ0v) is 13.8. The maximum absolute atomic E-state index is 14.0. The van der Waals surface area contributed by atoms with Crippen LogP contribution >= 0.6 is 15.9 Å². The molecule has 1 aromatic rings. The summed E-state index contributed by atoms with van der Waals surface area (Å²) >= 11 is 3.30. The predicted molar refractivity (Wildman–Crippen MR) is 83.4 cm³/mol. The Morgan fingerprint density at radius 1 is 1.45 bits per heavy atom. The van der Waals surface area contributed by atoms with Crippen LogP contribution in [0.3, 0.4) is 0 Å². The zero-order valence-electron chi connectivity index (χ0n) is 12.2. The summed E-state index contributed by atoms with van der Waals surface area (Å²) in [6.07, 6.45) is 1.73. The van der Waals surface area contributed by atoms with Crippen molar-refractivity contribution >= 4 is 15.9 Å². The Labute approximate surface area is 129 Å². The third kappa shape index (κ3) is 4.27. The van der Waals surface area contributed by atoms with Crippen molar-refractivity contribution in [2.24, 2.45) is 11.3 Å². The minimum atomic E-state index is -0.130. The van der Waals surface area contributed by atoms with E-state index in [0.29, 0.717) is 12.5 Å². The standard InChI is InChI=1S/C16H23BrFNO/c1-12(2)9-19-10-16(5-6-20-11-16)8-13-3-4-14(17)7-15(13)18/h3-4,7,12,19H,5-6,8-11H2,1-2H3. The van der Waals surface area contributed by atoms with Gasteiger partial charge >= 0.3 is 0 Å². The Balaban J connectivity index is 2.04. The molecule has 2 nitrogen and oxygen atoms in total. The van der Waals surface area contributed by atoms with Crippen molar-refractivity contribution in [3.8, 4) is 0 Å². The molecule has 1 atom stereocenters. The van der Waals surface area contributed by atoms with Crippen LogP contribution in [-0.2, 0) is 11.2 Å². The minimum Gasteiger partial charge on any atom is -0.381 e. The second kappa shape index (κ2) is 7.01. The quantitative estimate of drug-likeness (QED) is 0.848. The first-order valence-corrected chi connectivity index (χ1v) is 8.02. The van der Waals surface area contributed by atoms with Crippen LogP contribution in [0.2, 0.25) is 0 Å². The Morgan fingerprint density at radius 2 is 2.25 bits per heavy atom. The molecule has 1 unspecified atom stereocenters. The topological polar surface area (TPSA) is 21.3 Å². The number of rotatable bonds is 6. The summed E-state index contributed by atoms with van der Waals surface area (Å²) in [6.45, 7) is 7.76. The largest absolute Gasteiger partial charge is 0.381 e. The second-order valence-electron chi connectivity index (χ2n) is 6.24. The van der Waals surface area contributed by atoms with Gasteiger partial charge in [0.2, 0.25) is 0 Å². The molecule has 1 fully saturated rings. The van der Waals surface area contributed by atoms with E-state index in [2.05, 4.69) is 35.1 Å². The molecule has 0 saturated carbocycles. The molecule has 1 aliphatic rings. The van der Waals surface area contributed by atoms with Crippen molar-refractivity contribution in [3.63, 3.8) is 0 Å². The van der Waals surface area contributed by atoms with E-state index in [-0.39, 0.29) is 11.2 Å². The van der Waals surface area contributed by atoms with Gasteiger partial charge in [0.05, 0.1) is 6.61 Å². The third-order valence-corrected chi connectivity index (χ3v) is 4.31. The molecule has 4 heteroatoms. The van der Waals surface area contributed by atoms with E-state index in [0.717, 1.165) is 42.6 Å². The van der Waals surface area contributed by atoms with Crippen LogP contribution in [0.5, 0.6) is 0 Å². The van der Waals surface area contributed by atoms with Crippen molar-refractivity contribution in [1.82, 2.24) is 5.32 Å². The SMILES string of the molecule is CC(C)CNCC1(Cc2ccc(Br)cc2F)CCOC1. The number of hydrogen-bond donors (Lipinski definition) is 1. The Bertz CT molecular complexity index is 444. The van der Waals surface area contributed by atoms with Crippen molar-refractivity contribution in [2.45, 2.75) is 26.7 Å². The van der Waals surface area contributed by atoms with Crippen LogP contribution in [0.1, 0.15) is 25.8 Å². The van der Waals surface area contributed by atoms with E-state index in [1.807, 2.05) is 12.1 Å². The van der Waals surface area contributed by atoms with Gasteiger partial charge in [0.1, 0.15) is 5.82 Å². The second-order valence-corrected chi connectivity index (χ2v) is 7.16. The van der Waals surface area contributed by atoms with E-state index in [1.54, 1.807) is 6.07 Å². The van der Waals surface area contributed by atoms with E-state index < -0.39 is 0 Å². The maximum Gasteiger partial charge on any atom is 0.127 e. The van der Waals surface area contributed by atoms with Gasteiger partial charge in [-0.25, -0.2) is 4.39 Å². The molecule has 0 bridgehead atoms. The lowest BCUT2D eigenvalue weighted by Gasteiger charge is -2.28. The smallest absolute Gasteiger partial charge is 0.127 e. The average molecular weight is 344 g/mol. The van der Waals surface area contributed by atoms with Gasteiger partial charge in [0.25, 0.3) is 0 Å². The van der Waals surface area contributed by atoms with E-state index in [4.69, 9.17) is 4.74 Å². The van der Waals surface area contributed by atoms with Crippen molar-refractivity contribution < 1.29 is 9.13 Å². The van der Waals surface area contributed by atoms with Crippen molar-refractivity contribution in [3.05, 3.63) is 34.1 Å². The third-order valence-electron chi connectivity index (χ3n) is 3.82. The molecule has 112 valence electrons. The summed E-state index contributed by atoms with van der Waals surface area (Å²) in [6, 6.07) is 5.33. The first-order chi connectivity index (χ1) is 9.51. The molecular weight excluding hydrogens is 321 g/mol. The van der Waals surface area contributed by atoms with Crippen LogP contribution in [0.25, 0.3) is 0 Å². The molecule has 0 aliphatic carbocycles. The van der Waals surface area contributed by atoms with E-state index in [1.165, 1.54) is 0 Å². The highest BCUT2D eigenvalue weighted by atomic mass is 79.9. The van der Waals surface area contributed by atoms with Crippen molar-refractivity contribution in [2.75, 3.05) is 26.3 Å². The van der Waals surface area contributed by atoms with Crippen LogP contribution in [-0.4, -0.2) is 26.3 Å². The van der Waals surface area contributed by atoms with Crippen molar-refractivity contribution in [1.29, 1.82) is 0 Å². The Hall–Kier alpha value is -0.450. The number of nitrogens with one attached hydrogen (secondary N) is 1. The molecule has 2 rings (SSSR count). The van der Waals surface area contributed by atoms with Gasteiger partial charge in [-0.05, 0) is 43.0 Å². The number of benzene rings is 1. The van der Waals surface area contributed by atoms with E-state index >= 15 is 0 Å². The fourth-order valence-electron chi connectivity index (χ4n) is 2.69. The lowest BCUT2D eigenvalue weighted by molar-refractivity contribution is 0.148. The summed E-state index contributed by atoms with van der Waals surface area (Å²) in [5.74, 6) is 0.494. The number of halogens is 2. The molecule has 0 spiro atoms. The summed E-state index contributed by atoms with van der Waals surface area (Å²) in [5.41, 5.74) is 0.814. The van der Waals surface area contributed by atoms with Gasteiger partial charge in [-0.2, -0.15) is 0 Å². The first kappa shape index (κ1) is 15.9. The van der Waals surface area contributed by atoms with Crippen LogP contribution < -0.4 is 5.32 Å².